The molecule has 5 nitrogen and oxygen atoms in total. The largest absolute Gasteiger partial charge is 0.382 e. The van der Waals surface area contributed by atoms with Crippen molar-refractivity contribution in [2.75, 3.05) is 38.2 Å². The molecule has 3 rings (SSSR count). The molecule has 26 heavy (non-hydrogen) atoms. The van der Waals surface area contributed by atoms with Crippen LogP contribution in [0.3, 0.4) is 0 Å². The number of aromatic nitrogens is 1. The van der Waals surface area contributed by atoms with Gasteiger partial charge in [0.25, 0.3) is 0 Å². The van der Waals surface area contributed by atoms with Crippen molar-refractivity contribution in [1.29, 1.82) is 5.26 Å². The lowest BCUT2D eigenvalue weighted by molar-refractivity contribution is 0.0187. The van der Waals surface area contributed by atoms with Crippen molar-refractivity contribution in [3.63, 3.8) is 0 Å². The monoisotopic (exact) mass is 350 g/mol. The van der Waals surface area contributed by atoms with Crippen molar-refractivity contribution in [2.45, 2.75) is 26.8 Å². The Balaban J connectivity index is 1.84. The van der Waals surface area contributed by atoms with Crippen molar-refractivity contribution in [1.82, 2.24) is 9.88 Å². The first-order valence-corrected chi connectivity index (χ1v) is 9.09. The standard InChI is InChI=1S/C21H26N4O/c1-15-4-6-18(7-5-15)21(25-8-10-26-11-9-25)14-23-20-12-16(2)24-17(3)19(20)13-22/h4-7,12,21H,8-11,14H2,1-3H3,(H,23,24). The number of benzene rings is 1. The first kappa shape index (κ1) is 18.4. The van der Waals surface area contributed by atoms with Gasteiger partial charge in [0, 0.05) is 25.3 Å². The Hall–Kier alpha value is -2.42. The summed E-state index contributed by atoms with van der Waals surface area (Å²) in [6.45, 7) is 10.0. The number of nitriles is 1. The summed E-state index contributed by atoms with van der Waals surface area (Å²) in [7, 11) is 0. The van der Waals surface area contributed by atoms with Crippen LogP contribution < -0.4 is 5.32 Å². The fraction of sp³-hybridized carbons (Fsp3) is 0.429. The zero-order valence-electron chi connectivity index (χ0n) is 15.7. The third-order valence-corrected chi connectivity index (χ3v) is 4.87. The van der Waals surface area contributed by atoms with Gasteiger partial charge in [-0.15, -0.1) is 0 Å². The van der Waals surface area contributed by atoms with Crippen LogP contribution in [-0.4, -0.2) is 42.7 Å². The third kappa shape index (κ3) is 4.21. The lowest BCUT2D eigenvalue weighted by Crippen LogP contribution is -2.41. The van der Waals surface area contributed by atoms with Gasteiger partial charge in [-0.05, 0) is 32.4 Å². The second kappa shape index (κ2) is 8.31. The summed E-state index contributed by atoms with van der Waals surface area (Å²) >= 11 is 0. The van der Waals surface area contributed by atoms with Gasteiger partial charge in [0.15, 0.2) is 0 Å². The number of morpholine rings is 1. The molecule has 1 aromatic carbocycles. The molecule has 1 atom stereocenters. The fourth-order valence-electron chi connectivity index (χ4n) is 3.45. The van der Waals surface area contributed by atoms with Crippen LogP contribution in [0.4, 0.5) is 5.69 Å². The minimum Gasteiger partial charge on any atom is -0.382 e. The highest BCUT2D eigenvalue weighted by atomic mass is 16.5. The van der Waals surface area contributed by atoms with Crippen molar-refractivity contribution in [2.24, 2.45) is 0 Å². The number of pyridine rings is 1. The predicted octanol–water partition coefficient (Wildman–Crippen LogP) is 3.36. The fourth-order valence-corrected chi connectivity index (χ4v) is 3.45. The Morgan fingerprint density at radius 1 is 1.19 bits per heavy atom. The maximum Gasteiger partial charge on any atom is 0.103 e. The molecule has 2 aromatic rings. The van der Waals surface area contributed by atoms with Crippen molar-refractivity contribution in [3.8, 4) is 6.07 Å². The van der Waals surface area contributed by atoms with Crippen LogP contribution in [0.25, 0.3) is 0 Å². The molecular formula is C21H26N4O. The molecular weight excluding hydrogens is 324 g/mol. The van der Waals surface area contributed by atoms with Crippen LogP contribution >= 0.6 is 0 Å². The molecule has 1 aromatic heterocycles. The van der Waals surface area contributed by atoms with Gasteiger partial charge in [0.1, 0.15) is 6.07 Å². The zero-order chi connectivity index (χ0) is 18.5. The van der Waals surface area contributed by atoms with Crippen LogP contribution in [0.15, 0.2) is 30.3 Å². The van der Waals surface area contributed by atoms with E-state index in [9.17, 15) is 5.26 Å². The summed E-state index contributed by atoms with van der Waals surface area (Å²) in [5.41, 5.74) is 5.72. The molecule has 136 valence electrons. The Morgan fingerprint density at radius 2 is 1.88 bits per heavy atom. The van der Waals surface area contributed by atoms with Gasteiger partial charge < -0.3 is 10.1 Å². The minimum absolute atomic E-state index is 0.236. The maximum absolute atomic E-state index is 9.49. The number of hydrogen-bond donors (Lipinski definition) is 1. The van der Waals surface area contributed by atoms with E-state index in [1.54, 1.807) is 0 Å². The van der Waals surface area contributed by atoms with E-state index in [0.717, 1.165) is 49.9 Å². The summed E-state index contributed by atoms with van der Waals surface area (Å²) in [6, 6.07) is 13.2. The lowest BCUT2D eigenvalue weighted by Gasteiger charge is -2.35. The Bertz CT molecular complexity index is 789. The van der Waals surface area contributed by atoms with E-state index in [4.69, 9.17) is 4.74 Å². The molecule has 0 bridgehead atoms. The smallest absolute Gasteiger partial charge is 0.103 e. The van der Waals surface area contributed by atoms with E-state index in [-0.39, 0.29) is 6.04 Å². The van der Waals surface area contributed by atoms with E-state index in [1.807, 2.05) is 19.9 Å². The maximum atomic E-state index is 9.49. The number of aryl methyl sites for hydroxylation is 3. The second-order valence-corrected chi connectivity index (χ2v) is 6.84. The molecule has 5 heteroatoms. The van der Waals surface area contributed by atoms with Gasteiger partial charge in [-0.3, -0.25) is 9.88 Å². The zero-order valence-corrected chi connectivity index (χ0v) is 15.7. The minimum atomic E-state index is 0.236. The van der Waals surface area contributed by atoms with Gasteiger partial charge in [0.05, 0.1) is 36.2 Å². The predicted molar refractivity (Wildman–Crippen MR) is 103 cm³/mol. The highest BCUT2D eigenvalue weighted by Gasteiger charge is 2.23. The average molecular weight is 350 g/mol. The van der Waals surface area contributed by atoms with Crippen LogP contribution in [0.1, 0.15) is 34.1 Å². The number of nitrogens with one attached hydrogen (secondary N) is 1. The molecule has 1 saturated heterocycles. The number of anilines is 1. The van der Waals surface area contributed by atoms with Gasteiger partial charge in [0.2, 0.25) is 0 Å². The van der Waals surface area contributed by atoms with E-state index < -0.39 is 0 Å². The molecule has 2 heterocycles. The normalized spacial score (nSPS) is 16.1. The van der Waals surface area contributed by atoms with E-state index >= 15 is 0 Å². The SMILES string of the molecule is Cc1ccc(C(CNc2cc(C)nc(C)c2C#N)N2CCOCC2)cc1. The summed E-state index contributed by atoms with van der Waals surface area (Å²) in [5.74, 6) is 0. The molecule has 1 unspecified atom stereocenters. The molecule has 1 aliphatic heterocycles. The van der Waals surface area contributed by atoms with Gasteiger partial charge in [-0.2, -0.15) is 5.26 Å². The number of rotatable bonds is 5. The molecule has 0 aliphatic carbocycles. The Kier molecular flexibility index (Phi) is 5.87. The molecule has 1 fully saturated rings. The van der Waals surface area contributed by atoms with Crippen molar-refractivity contribution >= 4 is 5.69 Å². The van der Waals surface area contributed by atoms with Gasteiger partial charge in [-0.25, -0.2) is 0 Å². The topological polar surface area (TPSA) is 61.2 Å². The molecule has 0 saturated carbocycles. The van der Waals surface area contributed by atoms with Crippen LogP contribution in [-0.2, 0) is 4.74 Å². The molecule has 1 N–H and O–H groups in total. The lowest BCUT2D eigenvalue weighted by atomic mass is 10.0. The first-order valence-electron chi connectivity index (χ1n) is 9.09. The molecule has 0 amide bonds. The highest BCUT2D eigenvalue weighted by molar-refractivity contribution is 5.60. The quantitative estimate of drug-likeness (QED) is 0.896. The van der Waals surface area contributed by atoms with Crippen LogP contribution in [0.2, 0.25) is 0 Å². The Morgan fingerprint density at radius 3 is 2.54 bits per heavy atom. The van der Waals surface area contributed by atoms with Crippen LogP contribution in [0.5, 0.6) is 0 Å². The highest BCUT2D eigenvalue weighted by Crippen LogP contribution is 2.25. The van der Waals surface area contributed by atoms with E-state index in [0.29, 0.717) is 5.56 Å². The van der Waals surface area contributed by atoms with Crippen LogP contribution in [0, 0.1) is 32.1 Å². The molecule has 1 aliphatic rings. The van der Waals surface area contributed by atoms with Gasteiger partial charge in [-0.1, -0.05) is 29.8 Å². The summed E-state index contributed by atoms with van der Waals surface area (Å²) in [5, 5.41) is 13.0. The number of hydrogen-bond acceptors (Lipinski definition) is 5. The number of nitrogens with zero attached hydrogens (tertiary/aromatic N) is 3. The third-order valence-electron chi connectivity index (χ3n) is 4.87. The number of ether oxygens (including phenoxy) is 1. The molecule has 0 spiro atoms. The summed E-state index contributed by atoms with van der Waals surface area (Å²) < 4.78 is 5.52. The van der Waals surface area contributed by atoms with Gasteiger partial charge >= 0.3 is 0 Å². The van der Waals surface area contributed by atoms with Crippen molar-refractivity contribution in [3.05, 3.63) is 58.4 Å². The van der Waals surface area contributed by atoms with E-state index in [2.05, 4.69) is 52.5 Å². The second-order valence-electron chi connectivity index (χ2n) is 6.84. The molecule has 0 radical (unpaired) electrons. The van der Waals surface area contributed by atoms with Crippen molar-refractivity contribution < 1.29 is 4.74 Å². The Labute approximate surface area is 155 Å². The summed E-state index contributed by atoms with van der Waals surface area (Å²) in [4.78, 5) is 6.85. The first-order chi connectivity index (χ1) is 12.6. The average Bonchev–Trinajstić information content (AvgIpc) is 2.64. The van der Waals surface area contributed by atoms with E-state index in [1.165, 1.54) is 11.1 Å². The summed E-state index contributed by atoms with van der Waals surface area (Å²) in [6.07, 6.45) is 0.